The standard InChI is InChI=1S/C32H36FIN2O12S4/c1-20(8-6-10-27-31(2,3)23-16-21(51(43,44)45)18-25(33)29(23)35(27)12-14-49(37,38)39)9-7-11-28-32(4,5)24-17-22(52(46,47)48)19-26(34)30(24)36(28)13-15-50(40,41)42/h6-11,16-19H,12-15H2,1-5H3,(H3-,37,38,39,40,41,42,43,44,45,46,47,48)/p+1/i33-1,34-2. The maximum atomic E-state index is 15.4. The number of fused-ring (bicyclic) bond motifs is 2. The van der Waals surface area contributed by atoms with E-state index in [-0.39, 0.29) is 29.2 Å². The van der Waals surface area contributed by atoms with Crippen LogP contribution in [-0.4, -0.2) is 86.8 Å². The first-order valence-electron chi connectivity index (χ1n) is 15.3. The summed E-state index contributed by atoms with van der Waals surface area (Å²) in [6, 6.07) is 4.32. The summed E-state index contributed by atoms with van der Waals surface area (Å²) in [5, 5.41) is 0. The lowest BCUT2D eigenvalue weighted by Crippen LogP contribution is -2.30. The molecule has 0 radical (unpaired) electrons. The summed E-state index contributed by atoms with van der Waals surface area (Å²) in [7, 11) is -18.2. The number of halogens is 2. The molecule has 0 atom stereocenters. The lowest BCUT2D eigenvalue weighted by atomic mass is 9.81. The summed E-state index contributed by atoms with van der Waals surface area (Å²) >= 11 is 1.90. The lowest BCUT2D eigenvalue weighted by Gasteiger charge is -2.26. The highest BCUT2D eigenvalue weighted by atomic mass is 125. The Balaban J connectivity index is 1.73. The van der Waals surface area contributed by atoms with E-state index in [1.165, 1.54) is 16.7 Å². The summed E-state index contributed by atoms with van der Waals surface area (Å²) in [4.78, 5) is 0.655. The first kappa shape index (κ1) is 41.9. The van der Waals surface area contributed by atoms with Crippen molar-refractivity contribution in [2.24, 2.45) is 0 Å². The van der Waals surface area contributed by atoms with Gasteiger partial charge in [0.25, 0.3) is 40.5 Å². The van der Waals surface area contributed by atoms with Crippen LogP contribution in [-0.2, 0) is 51.3 Å². The van der Waals surface area contributed by atoms with Crippen LogP contribution in [0.3, 0.4) is 0 Å². The van der Waals surface area contributed by atoms with Gasteiger partial charge < -0.3 is 4.90 Å². The van der Waals surface area contributed by atoms with E-state index >= 15 is 4.39 Å². The fraction of sp³-hybridized carbons (Fsp3) is 0.344. The van der Waals surface area contributed by atoms with Crippen molar-refractivity contribution in [3.63, 3.8) is 0 Å². The summed E-state index contributed by atoms with van der Waals surface area (Å²) in [5.41, 5.74) is 0.726. The molecule has 20 heteroatoms. The third-order valence-electron chi connectivity index (χ3n) is 8.79. The van der Waals surface area contributed by atoms with Crippen molar-refractivity contribution in [1.29, 1.82) is 0 Å². The molecule has 284 valence electrons. The molecule has 2 heterocycles. The Kier molecular flexibility index (Phi) is 11.6. The van der Waals surface area contributed by atoms with E-state index in [0.717, 1.165) is 6.07 Å². The fourth-order valence-corrected chi connectivity index (χ4v) is 9.26. The van der Waals surface area contributed by atoms with Gasteiger partial charge in [-0.15, -0.1) is 0 Å². The van der Waals surface area contributed by atoms with Gasteiger partial charge in [0.2, 0.25) is 5.69 Å². The molecular weight excluding hydrogens is 876 g/mol. The highest BCUT2D eigenvalue weighted by Gasteiger charge is 2.47. The van der Waals surface area contributed by atoms with Crippen molar-refractivity contribution in [2.45, 2.75) is 55.2 Å². The van der Waals surface area contributed by atoms with Gasteiger partial charge in [-0.3, -0.25) is 18.2 Å². The second-order valence-electron chi connectivity index (χ2n) is 13.2. The molecule has 0 spiro atoms. The molecule has 0 aliphatic carbocycles. The summed E-state index contributed by atoms with van der Waals surface area (Å²) < 4.78 is 150. The molecule has 0 fully saturated rings. The average Bonchev–Trinajstić information content (AvgIpc) is 3.32. The van der Waals surface area contributed by atoms with Gasteiger partial charge in [-0.2, -0.15) is 42.6 Å². The van der Waals surface area contributed by atoms with Crippen molar-refractivity contribution in [3.8, 4) is 0 Å². The number of anilines is 1. The molecule has 52 heavy (non-hydrogen) atoms. The SMILES string of the molecule is CC(/C=C/C=C1/N(CCS(=O)(=O)O)c2c([125I])cc(S(=O)(=O)O)cc2C1(C)C)=C\C=C\C1=[N+](CCS(=O)(=O)O)c2c([18F])cc(S(=O)(=O)O)cc2C1(C)C. The van der Waals surface area contributed by atoms with Gasteiger partial charge in [-0.05, 0) is 73.2 Å². The lowest BCUT2D eigenvalue weighted by molar-refractivity contribution is -0.434. The van der Waals surface area contributed by atoms with E-state index in [9.17, 15) is 51.9 Å². The van der Waals surface area contributed by atoms with Crippen molar-refractivity contribution in [1.82, 2.24) is 0 Å². The van der Waals surface area contributed by atoms with Crippen LogP contribution in [0.1, 0.15) is 45.7 Å². The van der Waals surface area contributed by atoms with Crippen LogP contribution < -0.4 is 4.90 Å². The molecule has 2 aliphatic rings. The van der Waals surface area contributed by atoms with E-state index in [4.69, 9.17) is 0 Å². The Morgan fingerprint density at radius 2 is 1.38 bits per heavy atom. The molecule has 2 aliphatic heterocycles. The number of hydrogen-bond donors (Lipinski definition) is 4. The molecule has 4 N–H and O–H groups in total. The van der Waals surface area contributed by atoms with E-state index < -0.39 is 73.5 Å². The van der Waals surface area contributed by atoms with Crippen molar-refractivity contribution in [2.75, 3.05) is 29.5 Å². The molecule has 4 rings (SSSR count). The third kappa shape index (κ3) is 9.09. The number of hydrogen-bond acceptors (Lipinski definition) is 9. The normalized spacial score (nSPS) is 18.6. The Morgan fingerprint density at radius 1 is 0.827 bits per heavy atom. The van der Waals surface area contributed by atoms with Crippen molar-refractivity contribution in [3.05, 3.63) is 92.5 Å². The van der Waals surface area contributed by atoms with Crippen molar-refractivity contribution < 1.29 is 60.8 Å². The zero-order chi connectivity index (χ0) is 39.4. The van der Waals surface area contributed by atoms with Gasteiger partial charge >= 0.3 is 0 Å². The number of benzene rings is 2. The van der Waals surface area contributed by atoms with Crippen LogP contribution in [0.2, 0.25) is 0 Å². The predicted molar refractivity (Wildman–Crippen MR) is 201 cm³/mol. The Hall–Kier alpha value is -2.83. The quantitative estimate of drug-likeness (QED) is 0.0973. The topological polar surface area (TPSA) is 224 Å². The van der Waals surface area contributed by atoms with E-state index in [1.54, 1.807) is 76.0 Å². The molecule has 0 amide bonds. The van der Waals surface area contributed by atoms with Crippen LogP contribution in [0, 0.1) is 9.39 Å². The largest absolute Gasteiger partial charge is 0.342 e. The second kappa shape index (κ2) is 14.4. The molecule has 0 unspecified atom stereocenters. The molecule has 0 aromatic heterocycles. The third-order valence-corrected chi connectivity index (χ3v) is 12.7. The highest BCUT2D eigenvalue weighted by Crippen LogP contribution is 2.50. The van der Waals surface area contributed by atoms with Gasteiger partial charge in [-0.25, -0.2) is 0 Å². The Labute approximate surface area is 316 Å². The van der Waals surface area contributed by atoms with Gasteiger partial charge in [0.15, 0.2) is 18.1 Å². The maximum absolute atomic E-state index is 15.4. The van der Waals surface area contributed by atoms with Crippen LogP contribution in [0.4, 0.5) is 15.8 Å². The maximum Gasteiger partial charge on any atom is 0.294 e. The van der Waals surface area contributed by atoms with E-state index in [2.05, 4.69) is 0 Å². The van der Waals surface area contributed by atoms with Crippen LogP contribution in [0.15, 0.2) is 81.8 Å². The molecule has 2 aromatic rings. The average molecular weight is 913 g/mol. The first-order valence-corrected chi connectivity index (χ1v) is 22.4. The Bertz CT molecular complexity index is 2450. The van der Waals surface area contributed by atoms with Crippen molar-refractivity contribution >= 4 is 80.1 Å². The summed E-state index contributed by atoms with van der Waals surface area (Å²) in [5.74, 6) is -2.40. The van der Waals surface area contributed by atoms with Crippen LogP contribution >= 0.6 is 22.6 Å². The van der Waals surface area contributed by atoms with Gasteiger partial charge in [-0.1, -0.05) is 43.7 Å². The minimum atomic E-state index is -4.78. The van der Waals surface area contributed by atoms with Gasteiger partial charge in [0, 0.05) is 38.9 Å². The zero-order valence-corrected chi connectivity index (χ0v) is 33.9. The predicted octanol–water partition coefficient (Wildman–Crippen LogP) is 4.82. The summed E-state index contributed by atoms with van der Waals surface area (Å²) in [6.45, 7) is 8.12. The first-order chi connectivity index (χ1) is 23.6. The highest BCUT2D eigenvalue weighted by molar-refractivity contribution is 14.1. The minimum Gasteiger partial charge on any atom is -0.342 e. The number of rotatable bonds is 12. The molecule has 14 nitrogen and oxygen atoms in total. The van der Waals surface area contributed by atoms with Crippen LogP contribution in [0.5, 0.6) is 0 Å². The molecule has 2 aromatic carbocycles. The number of nitrogens with zero attached hydrogens (tertiary/aromatic N) is 2. The molecule has 0 saturated carbocycles. The zero-order valence-electron chi connectivity index (χ0n) is 28.4. The van der Waals surface area contributed by atoms with Gasteiger partial charge in [0.1, 0.15) is 5.75 Å². The fourth-order valence-electron chi connectivity index (χ4n) is 6.25. The van der Waals surface area contributed by atoms with E-state index in [1.807, 2.05) is 22.6 Å². The molecular formula is C32H37FIN2O12S4+. The summed E-state index contributed by atoms with van der Waals surface area (Å²) in [6.07, 6.45) is 9.94. The second-order valence-corrected chi connectivity index (χ2v) is 20.4. The van der Waals surface area contributed by atoms with Crippen LogP contribution in [0.25, 0.3) is 0 Å². The monoisotopic (exact) mass is 912 g/mol. The molecule has 0 bridgehead atoms. The minimum absolute atomic E-state index is 0.106. The molecule has 0 saturated heterocycles. The Morgan fingerprint density at radius 3 is 1.94 bits per heavy atom. The smallest absolute Gasteiger partial charge is 0.294 e. The van der Waals surface area contributed by atoms with Gasteiger partial charge in [0.05, 0.1) is 26.6 Å². The number of allylic oxidation sites excluding steroid dienone is 8. The van der Waals surface area contributed by atoms with E-state index in [0.29, 0.717) is 37.9 Å².